The molecule has 5 nitrogen and oxygen atoms in total. The number of rotatable bonds is 7. The zero-order valence-electron chi connectivity index (χ0n) is 16.0. The number of allylic oxidation sites excluding steroid dienone is 2. The predicted molar refractivity (Wildman–Crippen MR) is 95.0 cm³/mol. The Morgan fingerprint density at radius 3 is 2.56 bits per heavy atom. The van der Waals surface area contributed by atoms with Gasteiger partial charge in [-0.15, -0.1) is 0 Å². The molecule has 0 amide bonds. The molecule has 0 aromatic rings. The van der Waals surface area contributed by atoms with E-state index in [0.717, 1.165) is 24.8 Å². The highest BCUT2D eigenvalue weighted by Gasteiger charge is 2.41. The van der Waals surface area contributed by atoms with Gasteiger partial charge in [-0.1, -0.05) is 32.6 Å². The Morgan fingerprint density at radius 2 is 1.96 bits per heavy atom. The summed E-state index contributed by atoms with van der Waals surface area (Å²) in [6.07, 6.45) is 6.21. The third-order valence-corrected chi connectivity index (χ3v) is 4.86. The zero-order chi connectivity index (χ0) is 18.6. The highest BCUT2D eigenvalue weighted by Crippen LogP contribution is 2.41. The molecule has 1 aliphatic heterocycles. The lowest BCUT2D eigenvalue weighted by atomic mass is 9.77. The van der Waals surface area contributed by atoms with E-state index in [1.165, 1.54) is 12.8 Å². The van der Waals surface area contributed by atoms with Gasteiger partial charge in [-0.3, -0.25) is 9.59 Å². The molecule has 3 unspecified atom stereocenters. The number of aliphatic carboxylic acids is 1. The van der Waals surface area contributed by atoms with Crippen LogP contribution < -0.4 is 0 Å². The first-order chi connectivity index (χ1) is 11.7. The largest absolute Gasteiger partial charge is 0.481 e. The molecule has 1 N–H and O–H groups in total. The Hall–Kier alpha value is -1.36. The zero-order valence-corrected chi connectivity index (χ0v) is 16.0. The maximum absolute atomic E-state index is 12.6. The van der Waals surface area contributed by atoms with Crippen molar-refractivity contribution in [3.63, 3.8) is 0 Å². The first-order valence-electron chi connectivity index (χ1n) is 9.54. The fraction of sp³-hybridized carbons (Fsp3) is 0.800. The highest BCUT2D eigenvalue weighted by atomic mass is 16.7. The van der Waals surface area contributed by atoms with Crippen LogP contribution in [-0.2, 0) is 19.1 Å². The van der Waals surface area contributed by atoms with Crippen LogP contribution in [0.2, 0.25) is 0 Å². The summed E-state index contributed by atoms with van der Waals surface area (Å²) in [6.45, 7) is 8.10. The fourth-order valence-corrected chi connectivity index (χ4v) is 3.74. The van der Waals surface area contributed by atoms with Crippen LogP contribution in [0.5, 0.6) is 0 Å². The second-order valence-electron chi connectivity index (χ2n) is 8.26. The van der Waals surface area contributed by atoms with Crippen molar-refractivity contribution in [2.75, 3.05) is 0 Å². The summed E-state index contributed by atoms with van der Waals surface area (Å²) in [4.78, 5) is 23.9. The third kappa shape index (κ3) is 5.56. The molecule has 0 spiro atoms. The molecular formula is C20H32O5. The van der Waals surface area contributed by atoms with E-state index >= 15 is 0 Å². The number of carboxylic acid groups (broad SMARTS) is 1. The van der Waals surface area contributed by atoms with Gasteiger partial charge in [-0.05, 0) is 33.1 Å². The van der Waals surface area contributed by atoms with Crippen LogP contribution in [0.3, 0.4) is 0 Å². The van der Waals surface area contributed by atoms with Crippen LogP contribution in [0, 0.1) is 11.8 Å². The summed E-state index contributed by atoms with van der Waals surface area (Å²) < 4.78 is 11.9. The Morgan fingerprint density at radius 1 is 1.24 bits per heavy atom. The average Bonchev–Trinajstić information content (AvgIpc) is 2.49. The van der Waals surface area contributed by atoms with Crippen molar-refractivity contribution in [3.8, 4) is 0 Å². The number of ketones is 1. The SMILES string of the molecule is CCCCCCC1CC(OC(C)(C)C)OC2=C1C(=O)CC(C(=O)O)C2. The Kier molecular flexibility index (Phi) is 6.66. The van der Waals surface area contributed by atoms with Gasteiger partial charge in [0.1, 0.15) is 5.76 Å². The minimum Gasteiger partial charge on any atom is -0.481 e. The van der Waals surface area contributed by atoms with Gasteiger partial charge >= 0.3 is 5.97 Å². The molecule has 1 heterocycles. The highest BCUT2D eigenvalue weighted by molar-refractivity contribution is 5.99. The van der Waals surface area contributed by atoms with E-state index in [9.17, 15) is 14.7 Å². The van der Waals surface area contributed by atoms with E-state index in [1.54, 1.807) is 0 Å². The van der Waals surface area contributed by atoms with Crippen LogP contribution in [-0.4, -0.2) is 28.8 Å². The van der Waals surface area contributed by atoms with Crippen LogP contribution in [0.1, 0.15) is 79.1 Å². The van der Waals surface area contributed by atoms with E-state index in [1.807, 2.05) is 20.8 Å². The first-order valence-corrected chi connectivity index (χ1v) is 9.54. The van der Waals surface area contributed by atoms with Crippen molar-refractivity contribution >= 4 is 11.8 Å². The molecule has 5 heteroatoms. The minimum absolute atomic E-state index is 0.0525. The fourth-order valence-electron chi connectivity index (χ4n) is 3.74. The summed E-state index contributed by atoms with van der Waals surface area (Å²) in [5.74, 6) is -0.981. The summed E-state index contributed by atoms with van der Waals surface area (Å²) in [5, 5.41) is 9.30. The summed E-state index contributed by atoms with van der Waals surface area (Å²) in [5.41, 5.74) is 0.392. The van der Waals surface area contributed by atoms with Gasteiger partial charge in [-0.25, -0.2) is 0 Å². The van der Waals surface area contributed by atoms with Crippen molar-refractivity contribution in [3.05, 3.63) is 11.3 Å². The van der Waals surface area contributed by atoms with Gasteiger partial charge in [0.2, 0.25) is 0 Å². The van der Waals surface area contributed by atoms with Gasteiger partial charge < -0.3 is 14.6 Å². The van der Waals surface area contributed by atoms with Crippen molar-refractivity contribution < 1.29 is 24.2 Å². The molecule has 0 fully saturated rings. The number of carboxylic acids is 1. The van der Waals surface area contributed by atoms with Gasteiger partial charge in [0, 0.05) is 24.8 Å². The maximum atomic E-state index is 12.6. The Bertz CT molecular complexity index is 529. The minimum atomic E-state index is -0.929. The standard InChI is InChI=1S/C20H32O5/c1-5-6-7-8-9-13-12-17(25-20(2,3)4)24-16-11-14(19(22)23)10-15(21)18(13)16/h13-14,17H,5-12H2,1-4H3,(H,22,23). The summed E-state index contributed by atoms with van der Waals surface area (Å²) in [7, 11) is 0. The van der Waals surface area contributed by atoms with Gasteiger partial charge in [0.05, 0.1) is 11.5 Å². The Labute approximate surface area is 150 Å². The average molecular weight is 352 g/mol. The van der Waals surface area contributed by atoms with Crippen LogP contribution >= 0.6 is 0 Å². The number of Topliss-reactive ketones (excluding diaryl/α,β-unsaturated/α-hetero) is 1. The lowest BCUT2D eigenvalue weighted by Crippen LogP contribution is -2.39. The van der Waals surface area contributed by atoms with E-state index in [-0.39, 0.29) is 23.7 Å². The first kappa shape index (κ1) is 20.0. The van der Waals surface area contributed by atoms with Crippen molar-refractivity contribution in [1.29, 1.82) is 0 Å². The lowest BCUT2D eigenvalue weighted by Gasteiger charge is -2.39. The monoisotopic (exact) mass is 352 g/mol. The molecule has 142 valence electrons. The van der Waals surface area contributed by atoms with Crippen LogP contribution in [0.15, 0.2) is 11.3 Å². The number of ether oxygens (including phenoxy) is 2. The second-order valence-corrected chi connectivity index (χ2v) is 8.26. The van der Waals surface area contributed by atoms with Crippen LogP contribution in [0.25, 0.3) is 0 Å². The van der Waals surface area contributed by atoms with Crippen molar-refractivity contribution in [2.24, 2.45) is 11.8 Å². The molecule has 0 aromatic heterocycles. The van der Waals surface area contributed by atoms with E-state index in [0.29, 0.717) is 18.6 Å². The Balaban J connectivity index is 2.17. The smallest absolute Gasteiger partial charge is 0.307 e. The maximum Gasteiger partial charge on any atom is 0.307 e. The molecule has 0 saturated heterocycles. The third-order valence-electron chi connectivity index (χ3n) is 4.86. The lowest BCUT2D eigenvalue weighted by molar-refractivity contribution is -0.194. The molecule has 1 aliphatic carbocycles. The van der Waals surface area contributed by atoms with Gasteiger partial charge in [0.15, 0.2) is 12.1 Å². The van der Waals surface area contributed by atoms with E-state index < -0.39 is 18.2 Å². The normalized spacial score (nSPS) is 27.0. The molecule has 0 aromatic carbocycles. The molecule has 0 saturated carbocycles. The second kappa shape index (κ2) is 8.35. The number of hydrogen-bond acceptors (Lipinski definition) is 4. The molecule has 25 heavy (non-hydrogen) atoms. The number of carbonyl (C=O) groups is 2. The van der Waals surface area contributed by atoms with Crippen molar-refractivity contribution in [2.45, 2.75) is 91.0 Å². The molecular weight excluding hydrogens is 320 g/mol. The number of unbranched alkanes of at least 4 members (excludes halogenated alkanes) is 3. The van der Waals surface area contributed by atoms with E-state index in [4.69, 9.17) is 9.47 Å². The number of hydrogen-bond donors (Lipinski definition) is 1. The van der Waals surface area contributed by atoms with E-state index in [2.05, 4.69) is 6.92 Å². The molecule has 2 rings (SSSR count). The predicted octanol–water partition coefficient (Wildman–Crippen LogP) is 4.45. The molecule has 0 bridgehead atoms. The van der Waals surface area contributed by atoms with Gasteiger partial charge in [-0.2, -0.15) is 0 Å². The quantitative estimate of drug-likeness (QED) is 0.685. The van der Waals surface area contributed by atoms with Crippen molar-refractivity contribution in [1.82, 2.24) is 0 Å². The van der Waals surface area contributed by atoms with Crippen LogP contribution in [0.4, 0.5) is 0 Å². The number of carbonyl (C=O) groups excluding carboxylic acids is 1. The molecule has 3 atom stereocenters. The molecule has 2 aliphatic rings. The molecule has 0 radical (unpaired) electrons. The van der Waals surface area contributed by atoms with Gasteiger partial charge in [0.25, 0.3) is 0 Å². The summed E-state index contributed by atoms with van der Waals surface area (Å²) >= 11 is 0. The summed E-state index contributed by atoms with van der Waals surface area (Å²) in [6, 6.07) is 0. The topological polar surface area (TPSA) is 72.8 Å².